The summed E-state index contributed by atoms with van der Waals surface area (Å²) >= 11 is 0. The number of imide groups is 1. The minimum absolute atomic E-state index is 0.101. The summed E-state index contributed by atoms with van der Waals surface area (Å²) in [5.41, 5.74) is 15.1. The number of methoxy groups -OCH3 is 2. The Kier molecular flexibility index (Phi) is 12.5. The number of unbranched alkanes of at least 4 members (excludes halogenated alkanes) is 5. The highest BCUT2D eigenvalue weighted by Gasteiger charge is 2.44. The van der Waals surface area contributed by atoms with Crippen molar-refractivity contribution < 1.29 is 33.4 Å². The maximum Gasteiger partial charge on any atom is 0.262 e. The maximum atomic E-state index is 13.1. The van der Waals surface area contributed by atoms with Crippen molar-refractivity contribution in [1.29, 1.82) is 0 Å². The lowest BCUT2D eigenvalue weighted by molar-refractivity contribution is -0.125. The molecule has 3 aromatic rings. The highest BCUT2D eigenvalue weighted by atomic mass is 16.5. The molecule has 0 bridgehead atoms. The fourth-order valence-electron chi connectivity index (χ4n) is 6.24. The third-order valence-electron chi connectivity index (χ3n) is 8.99. The fourth-order valence-corrected chi connectivity index (χ4v) is 6.24. The van der Waals surface area contributed by atoms with Gasteiger partial charge in [0.1, 0.15) is 11.9 Å². The normalized spacial score (nSPS) is 15.3. The zero-order valence-corrected chi connectivity index (χ0v) is 29.6. The van der Waals surface area contributed by atoms with Gasteiger partial charge >= 0.3 is 0 Å². The van der Waals surface area contributed by atoms with Gasteiger partial charge in [0.25, 0.3) is 17.7 Å². The lowest BCUT2D eigenvalue weighted by Crippen LogP contribution is -2.51. The van der Waals surface area contributed by atoms with Crippen LogP contribution in [0.25, 0.3) is 0 Å². The van der Waals surface area contributed by atoms with Crippen LogP contribution in [0.1, 0.15) is 83.2 Å². The molecule has 52 heavy (non-hydrogen) atoms. The number of aromatic nitrogens is 2. The standard InChI is InChI=1S/C37H46N8O7/c1-22-10-13-28(34(47)43-22)45-35(48)26-12-11-25(19-27(26)36(45)49)40-14-8-6-4-5-7-9-15-41-31(46)21-52-32-29(50-2)17-23(18-30(32)51-3)16-24-20-42-37(39)44-33(24)38/h11-12,17-20,28,40H,1,4-10,13-16,21H2,2-3H3,(H,41,46)(H,43,47)(H4,38,39,42,44). The quantitative estimate of drug-likeness (QED) is 0.0945. The first-order valence-corrected chi connectivity index (χ1v) is 17.3. The Hall–Kier alpha value is -5.86. The largest absolute Gasteiger partial charge is 0.493 e. The Labute approximate surface area is 302 Å². The monoisotopic (exact) mass is 714 g/mol. The highest BCUT2D eigenvalue weighted by molar-refractivity contribution is 6.23. The molecule has 1 fully saturated rings. The molecule has 276 valence electrons. The van der Waals surface area contributed by atoms with Gasteiger partial charge in [-0.2, -0.15) is 4.98 Å². The highest BCUT2D eigenvalue weighted by Crippen LogP contribution is 2.39. The molecule has 15 nitrogen and oxygen atoms in total. The van der Waals surface area contributed by atoms with Crippen molar-refractivity contribution in [2.24, 2.45) is 0 Å². The van der Waals surface area contributed by atoms with Gasteiger partial charge in [-0.05, 0) is 61.6 Å². The number of nitrogens with two attached hydrogens (primary N) is 2. The molecule has 1 saturated heterocycles. The smallest absolute Gasteiger partial charge is 0.262 e. The van der Waals surface area contributed by atoms with Crippen LogP contribution in [0.5, 0.6) is 17.2 Å². The van der Waals surface area contributed by atoms with Crippen LogP contribution in [0.3, 0.4) is 0 Å². The summed E-state index contributed by atoms with van der Waals surface area (Å²) in [6, 6.07) is 7.86. The molecule has 0 radical (unpaired) electrons. The zero-order chi connectivity index (χ0) is 37.2. The predicted octanol–water partition coefficient (Wildman–Crippen LogP) is 3.59. The van der Waals surface area contributed by atoms with E-state index in [0.29, 0.717) is 65.4 Å². The summed E-state index contributed by atoms with van der Waals surface area (Å²) in [7, 11) is 3.02. The van der Waals surface area contributed by atoms with E-state index in [0.717, 1.165) is 61.2 Å². The van der Waals surface area contributed by atoms with Crippen molar-refractivity contribution in [2.75, 3.05) is 50.7 Å². The number of nitrogens with one attached hydrogen (secondary N) is 3. The first-order valence-electron chi connectivity index (χ1n) is 17.3. The molecule has 3 heterocycles. The number of amides is 4. The summed E-state index contributed by atoms with van der Waals surface area (Å²) in [6.07, 6.45) is 8.76. The van der Waals surface area contributed by atoms with Crippen molar-refractivity contribution in [3.05, 3.63) is 71.1 Å². The number of hydrogen-bond acceptors (Lipinski definition) is 12. The van der Waals surface area contributed by atoms with Crippen molar-refractivity contribution in [2.45, 2.75) is 63.8 Å². The van der Waals surface area contributed by atoms with Gasteiger partial charge in [0.15, 0.2) is 18.1 Å². The van der Waals surface area contributed by atoms with Crippen molar-refractivity contribution in [3.8, 4) is 17.2 Å². The minimum atomic E-state index is -0.825. The second kappa shape index (κ2) is 17.4. The van der Waals surface area contributed by atoms with Crippen molar-refractivity contribution >= 4 is 41.1 Å². The van der Waals surface area contributed by atoms with Crippen molar-refractivity contribution in [3.63, 3.8) is 0 Å². The van der Waals surface area contributed by atoms with E-state index in [1.807, 2.05) is 0 Å². The summed E-state index contributed by atoms with van der Waals surface area (Å²) in [6.45, 7) is 4.83. The van der Waals surface area contributed by atoms with Gasteiger partial charge in [-0.15, -0.1) is 0 Å². The predicted molar refractivity (Wildman–Crippen MR) is 195 cm³/mol. The van der Waals surface area contributed by atoms with E-state index in [9.17, 15) is 19.2 Å². The Bertz CT molecular complexity index is 1810. The zero-order valence-electron chi connectivity index (χ0n) is 29.6. The van der Waals surface area contributed by atoms with E-state index in [1.165, 1.54) is 14.2 Å². The molecule has 5 rings (SSSR count). The van der Waals surface area contributed by atoms with Gasteiger partial charge < -0.3 is 41.6 Å². The van der Waals surface area contributed by atoms with Gasteiger partial charge in [-0.25, -0.2) is 4.98 Å². The average Bonchev–Trinajstić information content (AvgIpc) is 3.37. The molecule has 7 N–H and O–H groups in total. The molecule has 2 aliphatic heterocycles. The van der Waals surface area contributed by atoms with E-state index in [-0.39, 0.29) is 30.2 Å². The van der Waals surface area contributed by atoms with Crippen LogP contribution in [0.15, 0.2) is 48.8 Å². The summed E-state index contributed by atoms with van der Waals surface area (Å²) in [5, 5.41) is 8.88. The van der Waals surface area contributed by atoms with Crippen LogP contribution in [0.2, 0.25) is 0 Å². The molecule has 2 aliphatic rings. The number of rotatable bonds is 18. The molecule has 4 amide bonds. The SMILES string of the molecule is C=C1CCC(N2C(=O)c3ccc(NCCCCCCCCNC(=O)COc4c(OC)cc(Cc5cnc(N)nc5N)cc4OC)cc3C2=O)C(=O)N1. The van der Waals surface area contributed by atoms with Crippen LogP contribution in [0.4, 0.5) is 17.5 Å². The van der Waals surface area contributed by atoms with E-state index in [4.69, 9.17) is 25.7 Å². The molecule has 1 unspecified atom stereocenters. The molecule has 1 atom stereocenters. The third-order valence-corrected chi connectivity index (χ3v) is 8.99. The first-order chi connectivity index (χ1) is 25.1. The summed E-state index contributed by atoms with van der Waals surface area (Å²) in [5.74, 6) is 0.0285. The number of fused-ring (bicyclic) bond motifs is 1. The van der Waals surface area contributed by atoms with Crippen LogP contribution in [-0.4, -0.2) is 78.5 Å². The Morgan fingerprint density at radius 1 is 0.962 bits per heavy atom. The number of ether oxygens (including phenoxy) is 3. The number of nitrogen functional groups attached to an aromatic ring is 2. The third kappa shape index (κ3) is 9.08. The number of hydrogen-bond donors (Lipinski definition) is 5. The van der Waals surface area contributed by atoms with Gasteiger partial charge in [-0.1, -0.05) is 32.3 Å². The van der Waals surface area contributed by atoms with Gasteiger partial charge in [0.05, 0.1) is 25.3 Å². The first kappa shape index (κ1) is 37.4. The van der Waals surface area contributed by atoms with E-state index in [1.54, 1.807) is 36.5 Å². The Balaban J connectivity index is 0.956. The van der Waals surface area contributed by atoms with Crippen LogP contribution < -0.4 is 41.6 Å². The van der Waals surface area contributed by atoms with Crippen molar-refractivity contribution in [1.82, 2.24) is 25.5 Å². The number of benzene rings is 2. The van der Waals surface area contributed by atoms with E-state index >= 15 is 0 Å². The Morgan fingerprint density at radius 2 is 1.63 bits per heavy atom. The molecular weight excluding hydrogens is 668 g/mol. The average molecular weight is 715 g/mol. The van der Waals surface area contributed by atoms with E-state index in [2.05, 4.69) is 32.5 Å². The molecule has 15 heteroatoms. The second-order valence-electron chi connectivity index (χ2n) is 12.7. The topological polar surface area (TPSA) is 213 Å². The number of anilines is 3. The molecule has 0 saturated carbocycles. The number of carbonyl (C=O) groups excluding carboxylic acids is 4. The van der Waals surface area contributed by atoms with Gasteiger partial charge in [0, 0.05) is 42.7 Å². The lowest BCUT2D eigenvalue weighted by Gasteiger charge is -2.29. The number of nitrogens with zero attached hydrogens (tertiary/aromatic N) is 3. The molecule has 0 spiro atoms. The lowest BCUT2D eigenvalue weighted by atomic mass is 10.0. The summed E-state index contributed by atoms with van der Waals surface area (Å²) in [4.78, 5) is 60.0. The molecule has 0 aliphatic carbocycles. The number of piperidine rings is 1. The van der Waals surface area contributed by atoms with E-state index < -0.39 is 17.9 Å². The number of carbonyl (C=O) groups is 4. The number of allylic oxidation sites excluding steroid dienone is 1. The minimum Gasteiger partial charge on any atom is -0.493 e. The maximum absolute atomic E-state index is 13.1. The molecule has 2 aromatic carbocycles. The molecule has 1 aromatic heterocycles. The Morgan fingerprint density at radius 3 is 2.31 bits per heavy atom. The van der Waals surface area contributed by atoms with Crippen LogP contribution in [-0.2, 0) is 16.0 Å². The van der Waals surface area contributed by atoms with Gasteiger partial charge in [-0.3, -0.25) is 24.1 Å². The fraction of sp³-hybridized carbons (Fsp3) is 0.405. The van der Waals surface area contributed by atoms with Crippen LogP contribution >= 0.6 is 0 Å². The summed E-state index contributed by atoms with van der Waals surface area (Å²) < 4.78 is 16.8. The second-order valence-corrected chi connectivity index (χ2v) is 12.7. The van der Waals surface area contributed by atoms with Gasteiger partial charge in [0.2, 0.25) is 17.6 Å². The molecular formula is C37H46N8O7. The van der Waals surface area contributed by atoms with Crippen LogP contribution in [0, 0.1) is 0 Å².